The van der Waals surface area contributed by atoms with Crippen LogP contribution in [0.4, 0.5) is 0 Å². The van der Waals surface area contributed by atoms with E-state index in [0.717, 1.165) is 38.7 Å². The highest BCUT2D eigenvalue weighted by Crippen LogP contribution is 2.36. The van der Waals surface area contributed by atoms with E-state index < -0.39 is 12.0 Å². The molecule has 0 radical (unpaired) electrons. The molecule has 4 rings (SSSR count). The molecule has 0 aliphatic carbocycles. The summed E-state index contributed by atoms with van der Waals surface area (Å²) >= 11 is 10.4. The highest BCUT2D eigenvalue weighted by Gasteiger charge is 2.23. The lowest BCUT2D eigenvalue weighted by Crippen LogP contribution is -2.41. The van der Waals surface area contributed by atoms with Crippen LogP contribution in [0.15, 0.2) is 89.7 Å². The normalized spacial score (nSPS) is 12.5. The molecule has 0 bridgehead atoms. The van der Waals surface area contributed by atoms with Crippen molar-refractivity contribution in [2.24, 2.45) is 5.92 Å². The second kappa shape index (κ2) is 14.3. The molecule has 0 fully saturated rings. The van der Waals surface area contributed by atoms with Gasteiger partial charge < -0.3 is 14.6 Å². The van der Waals surface area contributed by atoms with Crippen molar-refractivity contribution in [1.29, 1.82) is 0 Å². The van der Waals surface area contributed by atoms with Crippen LogP contribution in [0.5, 0.6) is 11.5 Å². The van der Waals surface area contributed by atoms with Crippen LogP contribution in [-0.4, -0.2) is 22.1 Å². The molecule has 2 atom stereocenters. The fraction of sp³-hybridized carbons (Fsp3) is 0.250. The van der Waals surface area contributed by atoms with Gasteiger partial charge in [0.15, 0.2) is 0 Å². The Labute approximate surface area is 248 Å². The molecular weight excluding hydrogens is 592 g/mol. The summed E-state index contributed by atoms with van der Waals surface area (Å²) in [5.74, 6) is 0.100. The summed E-state index contributed by atoms with van der Waals surface area (Å²) in [6.45, 7) is 4.74. The van der Waals surface area contributed by atoms with Crippen LogP contribution in [0.2, 0.25) is 5.02 Å². The zero-order valence-electron chi connectivity index (χ0n) is 22.4. The highest BCUT2D eigenvalue weighted by molar-refractivity contribution is 9.10. The van der Waals surface area contributed by atoms with Gasteiger partial charge in [-0.05, 0) is 45.1 Å². The molecule has 8 heteroatoms. The van der Waals surface area contributed by atoms with Crippen molar-refractivity contribution < 1.29 is 19.4 Å². The molecule has 3 aromatic carbocycles. The largest absolute Gasteiger partial charge is 0.488 e. The zero-order chi connectivity index (χ0) is 28.5. The Balaban J connectivity index is 1.57. The average Bonchev–Trinajstić information content (AvgIpc) is 2.97. The predicted octanol–water partition coefficient (Wildman–Crippen LogP) is 7.91. The van der Waals surface area contributed by atoms with E-state index in [2.05, 4.69) is 44.4 Å². The summed E-state index contributed by atoms with van der Waals surface area (Å²) in [6.07, 6.45) is 4.19. The van der Waals surface area contributed by atoms with E-state index in [1.807, 2.05) is 56.3 Å². The number of halogens is 2. The van der Waals surface area contributed by atoms with E-state index in [-0.39, 0.29) is 19.1 Å². The van der Waals surface area contributed by atoms with Crippen molar-refractivity contribution in [3.8, 4) is 22.6 Å². The van der Waals surface area contributed by atoms with E-state index in [0.29, 0.717) is 23.1 Å². The number of pyridine rings is 1. The van der Waals surface area contributed by atoms with Crippen molar-refractivity contribution in [3.05, 3.63) is 111 Å². The van der Waals surface area contributed by atoms with Crippen LogP contribution < -0.4 is 14.8 Å². The smallest absolute Gasteiger partial charge is 0.320 e. The fourth-order valence-electron chi connectivity index (χ4n) is 4.28. The van der Waals surface area contributed by atoms with Crippen molar-refractivity contribution in [2.75, 3.05) is 0 Å². The molecule has 0 spiro atoms. The molecule has 0 saturated carbocycles. The second-order valence-electron chi connectivity index (χ2n) is 9.56. The molecular formula is C32H32BrClN2O4. The van der Waals surface area contributed by atoms with E-state index in [4.69, 9.17) is 21.1 Å². The van der Waals surface area contributed by atoms with Gasteiger partial charge in [-0.1, -0.05) is 86.5 Å². The van der Waals surface area contributed by atoms with Crippen LogP contribution >= 0.6 is 27.5 Å². The number of benzene rings is 3. The average molecular weight is 624 g/mol. The molecule has 4 aromatic rings. The zero-order valence-corrected chi connectivity index (χ0v) is 24.8. The minimum atomic E-state index is -0.887. The van der Waals surface area contributed by atoms with Gasteiger partial charge in [0.2, 0.25) is 0 Å². The highest BCUT2D eigenvalue weighted by atomic mass is 79.9. The lowest BCUT2D eigenvalue weighted by Gasteiger charge is -2.22. The molecule has 6 nitrogen and oxygen atoms in total. The van der Waals surface area contributed by atoms with Crippen LogP contribution in [0.25, 0.3) is 11.1 Å². The van der Waals surface area contributed by atoms with Gasteiger partial charge in [-0.25, -0.2) is 0 Å². The van der Waals surface area contributed by atoms with Gasteiger partial charge in [-0.2, -0.15) is 0 Å². The number of aromatic nitrogens is 1. The Morgan fingerprint density at radius 1 is 1.00 bits per heavy atom. The first-order valence-electron chi connectivity index (χ1n) is 13.1. The molecule has 208 valence electrons. The molecule has 40 heavy (non-hydrogen) atoms. The van der Waals surface area contributed by atoms with Crippen LogP contribution in [0.3, 0.4) is 0 Å². The van der Waals surface area contributed by atoms with Gasteiger partial charge in [-0.15, -0.1) is 0 Å². The Hall–Kier alpha value is -3.39. The number of nitrogens with one attached hydrogen (secondary N) is 1. The van der Waals surface area contributed by atoms with Crippen LogP contribution in [0.1, 0.15) is 37.0 Å². The lowest BCUT2D eigenvalue weighted by molar-refractivity contribution is -0.140. The van der Waals surface area contributed by atoms with Gasteiger partial charge in [-0.3, -0.25) is 15.1 Å². The molecule has 1 heterocycles. The summed E-state index contributed by atoms with van der Waals surface area (Å²) in [5, 5.41) is 13.3. The quantitative estimate of drug-likeness (QED) is 0.158. The van der Waals surface area contributed by atoms with Crippen molar-refractivity contribution in [2.45, 2.75) is 46.1 Å². The standard InChI is InChI=1S/C32H32BrClN2O4/c1-3-21(2)31(32(37)38)36-18-25-15-27(34)29(16-28(25)39-19-22-9-8-14-35-17-22)40-20-24-12-7-13-26(30(24)33)23-10-5-4-6-11-23/h4-17,21,31,36H,3,18-20H2,1-2H3,(H,37,38). The molecule has 0 aliphatic rings. The maximum atomic E-state index is 11.8. The number of hydrogen-bond acceptors (Lipinski definition) is 5. The van der Waals surface area contributed by atoms with Gasteiger partial charge in [0.25, 0.3) is 0 Å². The minimum absolute atomic E-state index is 0.0413. The minimum Gasteiger partial charge on any atom is -0.488 e. The SMILES string of the molecule is CCC(C)C(NCc1cc(Cl)c(OCc2cccc(-c3ccccc3)c2Br)cc1OCc1cccnc1)C(=O)O. The number of carbonyl (C=O) groups is 1. The van der Waals surface area contributed by atoms with Crippen molar-refractivity contribution in [1.82, 2.24) is 10.3 Å². The van der Waals surface area contributed by atoms with E-state index in [1.165, 1.54) is 0 Å². The summed E-state index contributed by atoms with van der Waals surface area (Å²) in [7, 11) is 0. The maximum Gasteiger partial charge on any atom is 0.320 e. The summed E-state index contributed by atoms with van der Waals surface area (Å²) in [4.78, 5) is 16.0. The van der Waals surface area contributed by atoms with Crippen LogP contribution in [-0.2, 0) is 24.6 Å². The monoisotopic (exact) mass is 622 g/mol. The van der Waals surface area contributed by atoms with Crippen LogP contribution in [0, 0.1) is 5.92 Å². The number of nitrogens with zero attached hydrogens (tertiary/aromatic N) is 1. The van der Waals surface area contributed by atoms with Gasteiger partial charge in [0.05, 0.1) is 5.02 Å². The Morgan fingerprint density at radius 2 is 1.77 bits per heavy atom. The van der Waals surface area contributed by atoms with Gasteiger partial charge >= 0.3 is 5.97 Å². The first-order valence-corrected chi connectivity index (χ1v) is 14.3. The van der Waals surface area contributed by atoms with Gasteiger partial charge in [0, 0.05) is 46.2 Å². The third-order valence-corrected chi connectivity index (χ3v) is 8.00. The molecule has 2 unspecified atom stereocenters. The van der Waals surface area contributed by atoms with Crippen molar-refractivity contribution in [3.63, 3.8) is 0 Å². The van der Waals surface area contributed by atoms with E-state index in [9.17, 15) is 9.90 Å². The van der Waals surface area contributed by atoms with E-state index in [1.54, 1.807) is 24.5 Å². The number of carboxylic acid groups (broad SMARTS) is 1. The fourth-order valence-corrected chi connectivity index (χ4v) is 5.13. The van der Waals surface area contributed by atoms with Crippen molar-refractivity contribution >= 4 is 33.5 Å². The summed E-state index contributed by atoms with van der Waals surface area (Å²) in [5.41, 5.74) is 4.80. The Bertz CT molecular complexity index is 1420. The molecule has 0 saturated heterocycles. The number of hydrogen-bond donors (Lipinski definition) is 2. The molecule has 0 aliphatic heterocycles. The Kier molecular flexibility index (Phi) is 10.6. The number of carboxylic acids is 1. The molecule has 0 amide bonds. The maximum absolute atomic E-state index is 11.8. The first-order chi connectivity index (χ1) is 19.4. The Morgan fingerprint density at radius 3 is 2.48 bits per heavy atom. The number of ether oxygens (including phenoxy) is 2. The van der Waals surface area contributed by atoms with E-state index >= 15 is 0 Å². The first kappa shape index (κ1) is 29.6. The molecule has 1 aromatic heterocycles. The summed E-state index contributed by atoms with van der Waals surface area (Å²) < 4.78 is 13.3. The lowest BCUT2D eigenvalue weighted by atomic mass is 9.99. The topological polar surface area (TPSA) is 80.7 Å². The summed E-state index contributed by atoms with van der Waals surface area (Å²) in [6, 6.07) is 22.8. The predicted molar refractivity (Wildman–Crippen MR) is 162 cm³/mol. The number of aliphatic carboxylic acids is 1. The number of rotatable bonds is 13. The second-order valence-corrected chi connectivity index (χ2v) is 10.8. The molecule has 2 N–H and O–H groups in total. The van der Waals surface area contributed by atoms with Gasteiger partial charge in [0.1, 0.15) is 30.8 Å². The third kappa shape index (κ3) is 7.62. The third-order valence-electron chi connectivity index (χ3n) is 6.77.